The number of hydrogen-bond acceptors (Lipinski definition) is 6. The topological polar surface area (TPSA) is 71.1 Å². The minimum atomic E-state index is -0.614. The lowest BCUT2D eigenvalue weighted by molar-refractivity contribution is -0.135. The van der Waals surface area contributed by atoms with E-state index in [1.165, 1.54) is 23.1 Å². The molecule has 3 unspecified atom stereocenters. The van der Waals surface area contributed by atoms with Gasteiger partial charge in [-0.05, 0) is 118 Å². The number of aryl methyl sites for hydroxylation is 1. The molecule has 9 heteroatoms. The van der Waals surface area contributed by atoms with E-state index in [0.717, 1.165) is 79.4 Å². The average molecular weight is 666 g/mol. The van der Waals surface area contributed by atoms with Crippen LogP contribution in [-0.2, 0) is 16.0 Å². The van der Waals surface area contributed by atoms with Crippen LogP contribution in [0.25, 0.3) is 0 Å². The number of carbonyl (C=O) groups excluding carboxylic acids is 2. The van der Waals surface area contributed by atoms with Crippen LogP contribution in [0, 0.1) is 17.3 Å². The number of ether oxygens (including phenoxy) is 2. The Morgan fingerprint density at radius 1 is 1.15 bits per heavy atom. The summed E-state index contributed by atoms with van der Waals surface area (Å²) in [6, 6.07) is 12.6. The fraction of sp³-hybridized carbons (Fsp3) is 0.568. The molecule has 0 radical (unpaired) electrons. The molecular formula is C37H48ClN3O4S. The van der Waals surface area contributed by atoms with E-state index in [0.29, 0.717) is 31.5 Å². The van der Waals surface area contributed by atoms with Crippen LogP contribution in [-0.4, -0.2) is 55.3 Å². The Labute approximate surface area is 283 Å². The van der Waals surface area contributed by atoms with Crippen LogP contribution in [0.1, 0.15) is 83.3 Å². The van der Waals surface area contributed by atoms with Crippen molar-refractivity contribution in [1.82, 2.24) is 9.62 Å². The van der Waals surface area contributed by atoms with Gasteiger partial charge >= 0.3 is 6.09 Å². The third kappa shape index (κ3) is 7.33. The summed E-state index contributed by atoms with van der Waals surface area (Å²) in [7, 11) is 0. The van der Waals surface area contributed by atoms with Crippen LogP contribution < -0.4 is 14.4 Å². The number of carbonyl (C=O) groups is 2. The van der Waals surface area contributed by atoms with E-state index in [1.807, 2.05) is 32.9 Å². The number of rotatable bonds is 3. The number of halogens is 1. The van der Waals surface area contributed by atoms with Crippen molar-refractivity contribution in [3.05, 3.63) is 64.7 Å². The molecule has 6 rings (SSSR count). The molecule has 2 fully saturated rings. The van der Waals surface area contributed by atoms with E-state index < -0.39 is 11.0 Å². The third-order valence-corrected chi connectivity index (χ3v) is 11.1. The highest BCUT2D eigenvalue weighted by Crippen LogP contribution is 2.45. The molecule has 46 heavy (non-hydrogen) atoms. The quantitative estimate of drug-likeness (QED) is 0.262. The molecule has 2 bridgehead atoms. The van der Waals surface area contributed by atoms with Crippen LogP contribution in [0.15, 0.2) is 53.4 Å². The zero-order valence-corrected chi connectivity index (χ0v) is 29.2. The van der Waals surface area contributed by atoms with Gasteiger partial charge in [-0.3, -0.25) is 9.52 Å². The number of benzene rings is 2. The van der Waals surface area contributed by atoms with Crippen molar-refractivity contribution < 1.29 is 19.1 Å². The average Bonchev–Trinajstić information content (AvgIpc) is 3.15. The molecular weight excluding hydrogens is 618 g/mol. The molecule has 0 aromatic heterocycles. The first-order valence-electron chi connectivity index (χ1n) is 17.0. The number of fused-ring (bicyclic) bond motifs is 2. The fourth-order valence-electron chi connectivity index (χ4n) is 7.25. The van der Waals surface area contributed by atoms with Gasteiger partial charge in [0.05, 0.1) is 17.7 Å². The first-order chi connectivity index (χ1) is 22.0. The summed E-state index contributed by atoms with van der Waals surface area (Å²) in [5.41, 5.74) is 2.47. The number of hydrogen-bond donors (Lipinski definition) is 1. The number of anilines is 1. The molecule has 2 amide bonds. The molecule has 2 aliphatic heterocycles. The Morgan fingerprint density at radius 2 is 1.98 bits per heavy atom. The monoisotopic (exact) mass is 665 g/mol. The molecule has 2 heterocycles. The third-order valence-electron chi connectivity index (χ3n) is 10.1. The van der Waals surface area contributed by atoms with Crippen LogP contribution in [0.4, 0.5) is 10.5 Å². The van der Waals surface area contributed by atoms with Crippen molar-refractivity contribution in [2.24, 2.45) is 17.3 Å². The van der Waals surface area contributed by atoms with Gasteiger partial charge in [-0.2, -0.15) is 0 Å². The zero-order chi connectivity index (χ0) is 32.5. The number of amides is 2. The van der Waals surface area contributed by atoms with Crippen molar-refractivity contribution in [2.75, 3.05) is 37.7 Å². The van der Waals surface area contributed by atoms with Gasteiger partial charge in [0.2, 0.25) is 5.91 Å². The number of nitrogens with one attached hydrogen (secondary N) is 1. The predicted molar refractivity (Wildman–Crippen MR) is 186 cm³/mol. The minimum absolute atomic E-state index is 0.0262. The second-order valence-corrected chi connectivity index (χ2v) is 15.9. The number of allylic oxidation sites excluding steroid dienone is 1. The van der Waals surface area contributed by atoms with E-state index in [-0.39, 0.29) is 17.9 Å². The van der Waals surface area contributed by atoms with Crippen molar-refractivity contribution in [1.29, 1.82) is 0 Å². The largest absolute Gasteiger partial charge is 0.491 e. The smallest absolute Gasteiger partial charge is 0.410 e. The molecule has 2 aromatic rings. The van der Waals surface area contributed by atoms with Gasteiger partial charge in [-0.1, -0.05) is 49.6 Å². The summed E-state index contributed by atoms with van der Waals surface area (Å²) in [6.07, 6.45) is 10.9. The Balaban J connectivity index is 1.31. The van der Waals surface area contributed by atoms with Gasteiger partial charge in [0.15, 0.2) is 0 Å². The molecule has 4 aliphatic rings. The molecule has 1 spiro atoms. The first kappa shape index (κ1) is 33.1. The lowest BCUT2D eigenvalue weighted by atomic mass is 9.68. The van der Waals surface area contributed by atoms with Gasteiger partial charge < -0.3 is 19.3 Å². The summed E-state index contributed by atoms with van der Waals surface area (Å²) in [6.45, 7) is 11.0. The molecule has 2 aromatic carbocycles. The predicted octanol–water partition coefficient (Wildman–Crippen LogP) is 8.40. The van der Waals surface area contributed by atoms with Crippen LogP contribution in [0.5, 0.6) is 5.75 Å². The summed E-state index contributed by atoms with van der Waals surface area (Å²) in [4.78, 5) is 32.3. The van der Waals surface area contributed by atoms with E-state index in [2.05, 4.69) is 53.0 Å². The van der Waals surface area contributed by atoms with Gasteiger partial charge in [-0.15, -0.1) is 0 Å². The molecule has 2 saturated carbocycles. The van der Waals surface area contributed by atoms with Gasteiger partial charge in [-0.25, -0.2) is 4.79 Å². The standard InChI is InChI=1S/C37H48ClN3O4S/c1-5-8-26-19-29(38)12-14-31(26)28-22-41-21-27-11-10-25(27)9-6-18-40(35(43)45-36(2,3)4)24-37(16-7-17-37)34(42)39-46-30-13-15-33(44-23-28)32(41)20-30/h6,9,12-15,19-20,25,27-28H,5,7-8,10-11,16-18,21-24H2,1-4H3,(H,39,42)/b9-6+. The molecule has 7 nitrogen and oxygen atoms in total. The van der Waals surface area contributed by atoms with E-state index >= 15 is 0 Å². The van der Waals surface area contributed by atoms with Crippen LogP contribution in [0.2, 0.25) is 5.02 Å². The SMILES string of the molecule is CCCc1cc(Cl)ccc1C1COc2ccc3cc2N(C1)CC1CCC1/C=C/CN(C(=O)OC(C)(C)C)CC1(CCC1)C(=O)NS3. The van der Waals surface area contributed by atoms with Gasteiger partial charge in [0.1, 0.15) is 11.4 Å². The minimum Gasteiger partial charge on any atom is -0.491 e. The lowest BCUT2D eigenvalue weighted by Crippen LogP contribution is -2.53. The highest BCUT2D eigenvalue weighted by molar-refractivity contribution is 7.98. The molecule has 3 atom stereocenters. The summed E-state index contributed by atoms with van der Waals surface area (Å²) in [5.74, 6) is 1.99. The Bertz CT molecular complexity index is 1470. The van der Waals surface area contributed by atoms with Crippen molar-refractivity contribution in [3.63, 3.8) is 0 Å². The highest BCUT2D eigenvalue weighted by atomic mass is 35.5. The van der Waals surface area contributed by atoms with Crippen molar-refractivity contribution >= 4 is 41.2 Å². The van der Waals surface area contributed by atoms with E-state index in [9.17, 15) is 9.59 Å². The van der Waals surface area contributed by atoms with Crippen molar-refractivity contribution in [2.45, 2.75) is 89.1 Å². The normalized spacial score (nSPS) is 25.2. The highest BCUT2D eigenvalue weighted by Gasteiger charge is 2.47. The Kier molecular flexibility index (Phi) is 9.86. The maximum absolute atomic E-state index is 13.8. The lowest BCUT2D eigenvalue weighted by Gasteiger charge is -2.43. The summed E-state index contributed by atoms with van der Waals surface area (Å²) >= 11 is 7.79. The second-order valence-electron chi connectivity index (χ2n) is 14.6. The maximum atomic E-state index is 13.8. The van der Waals surface area contributed by atoms with E-state index in [1.54, 1.807) is 4.90 Å². The summed E-state index contributed by atoms with van der Waals surface area (Å²) in [5, 5.41) is 0.775. The summed E-state index contributed by atoms with van der Waals surface area (Å²) < 4.78 is 15.5. The second kappa shape index (κ2) is 13.7. The van der Waals surface area contributed by atoms with Crippen molar-refractivity contribution in [3.8, 4) is 5.75 Å². The Hall–Kier alpha value is -2.84. The van der Waals surface area contributed by atoms with E-state index in [4.69, 9.17) is 21.1 Å². The molecule has 248 valence electrons. The van der Waals surface area contributed by atoms with Gasteiger partial charge in [0.25, 0.3) is 0 Å². The Morgan fingerprint density at radius 3 is 2.67 bits per heavy atom. The van der Waals surface area contributed by atoms with Gasteiger partial charge in [0, 0.05) is 42.0 Å². The van der Waals surface area contributed by atoms with Crippen LogP contribution >= 0.6 is 23.5 Å². The molecule has 1 N–H and O–H groups in total. The molecule has 2 aliphatic carbocycles. The zero-order valence-electron chi connectivity index (χ0n) is 27.6. The van der Waals surface area contributed by atoms with Crippen LogP contribution in [0.3, 0.4) is 0 Å². The molecule has 0 saturated heterocycles. The first-order valence-corrected chi connectivity index (χ1v) is 18.1. The number of nitrogens with zero attached hydrogens (tertiary/aromatic N) is 2. The fourth-order valence-corrected chi connectivity index (χ4v) is 8.18. The maximum Gasteiger partial charge on any atom is 0.410 e.